The van der Waals surface area contributed by atoms with Crippen molar-refractivity contribution in [2.75, 3.05) is 14.2 Å². The van der Waals surface area contributed by atoms with E-state index < -0.39 is 99.9 Å². The molecule has 6 N–H and O–H groups in total. The summed E-state index contributed by atoms with van der Waals surface area (Å²) in [5.41, 5.74) is -7.62. The lowest BCUT2D eigenvalue weighted by Gasteiger charge is -2.50. The van der Waals surface area contributed by atoms with Gasteiger partial charge in [-0.1, -0.05) is 12.1 Å². The monoisotopic (exact) mass is 692 g/mol. The molecule has 21 heteroatoms. The number of halogens is 6. The third-order valence-corrected chi connectivity index (χ3v) is 8.40. The molecule has 0 unspecified atom stereocenters. The van der Waals surface area contributed by atoms with Crippen molar-refractivity contribution in [1.29, 1.82) is 0 Å². The number of nitrogens with one attached hydrogen (secondary N) is 2. The molecule has 0 aromatic heterocycles. The van der Waals surface area contributed by atoms with Crippen molar-refractivity contribution in [2.45, 2.75) is 53.5 Å². The molecule has 2 rings (SSSR count). The van der Waals surface area contributed by atoms with Gasteiger partial charge in [-0.25, -0.2) is 27.1 Å². The van der Waals surface area contributed by atoms with Crippen molar-refractivity contribution < 1.29 is 67.0 Å². The lowest BCUT2D eigenvalue weighted by molar-refractivity contribution is -0.182. The van der Waals surface area contributed by atoms with E-state index in [4.69, 9.17) is 19.8 Å². The van der Waals surface area contributed by atoms with Gasteiger partial charge in [0.1, 0.15) is 32.7 Å². The van der Waals surface area contributed by atoms with E-state index in [2.05, 4.69) is 0 Å². The number of ether oxygens (including phenoxy) is 2. The first-order chi connectivity index (χ1) is 20.2. The molecule has 2 aromatic rings. The molecule has 13 nitrogen and oxygen atoms in total. The highest BCUT2D eigenvalue weighted by Gasteiger charge is 2.58. The summed E-state index contributed by atoms with van der Waals surface area (Å²) in [6, 6.07) is 4.72. The predicted octanol–water partition coefficient (Wildman–Crippen LogP) is 1.34. The van der Waals surface area contributed by atoms with Crippen LogP contribution in [0.2, 0.25) is 0 Å². The molecule has 0 aliphatic heterocycles. The molecule has 0 spiro atoms. The zero-order chi connectivity index (χ0) is 35.0. The van der Waals surface area contributed by atoms with E-state index in [0.717, 1.165) is 45.4 Å². The molecule has 0 aliphatic carbocycles. The van der Waals surface area contributed by atoms with Gasteiger partial charge in [0, 0.05) is 6.42 Å². The number of hydrogen-bond donors (Lipinski definition) is 4. The summed E-state index contributed by atoms with van der Waals surface area (Å²) < 4.78 is 141. The quantitative estimate of drug-likeness (QED) is 0.197. The maximum atomic E-state index is 13.6. The molecule has 0 saturated carbocycles. The van der Waals surface area contributed by atoms with Crippen LogP contribution in [0, 0.1) is 0 Å². The molecular formula is C24H26F6N4O9S2. The number of carbonyl (C=O) groups is 3. The van der Waals surface area contributed by atoms with Crippen LogP contribution in [0.4, 0.5) is 26.3 Å². The van der Waals surface area contributed by atoms with E-state index in [1.807, 2.05) is 0 Å². The average molecular weight is 693 g/mol. The predicted molar refractivity (Wildman–Crippen MR) is 142 cm³/mol. The van der Waals surface area contributed by atoms with Crippen molar-refractivity contribution in [2.24, 2.45) is 10.3 Å². The second-order valence-corrected chi connectivity index (χ2v) is 12.7. The van der Waals surface area contributed by atoms with Crippen LogP contribution in [0.25, 0.3) is 0 Å². The molecule has 0 fully saturated rings. The number of methoxy groups -OCH3 is 2. The first-order valence-electron chi connectivity index (χ1n) is 12.0. The molecule has 0 atom stereocenters. The van der Waals surface area contributed by atoms with E-state index in [9.17, 15) is 57.6 Å². The van der Waals surface area contributed by atoms with Gasteiger partial charge >= 0.3 is 24.2 Å². The van der Waals surface area contributed by atoms with Crippen molar-refractivity contribution in [1.82, 2.24) is 10.6 Å². The summed E-state index contributed by atoms with van der Waals surface area (Å²) in [6.45, 7) is 1.28. The summed E-state index contributed by atoms with van der Waals surface area (Å²) in [5, 5.41) is 13.1. The Bertz CT molecular complexity index is 1620. The number of ketones is 1. The van der Waals surface area contributed by atoms with Crippen LogP contribution < -0.4 is 30.4 Å². The van der Waals surface area contributed by atoms with Crippen LogP contribution in [0.3, 0.4) is 0 Å². The Kier molecular flexibility index (Phi) is 10.3. The average Bonchev–Trinajstić information content (AvgIpc) is 2.88. The maximum absolute atomic E-state index is 13.6. The number of benzene rings is 2. The largest absolute Gasteiger partial charge is 0.495 e. The second-order valence-electron chi connectivity index (χ2n) is 9.63. The number of primary sulfonamides is 2. The standard InChI is InChI=1S/C24H26F6N4O9S2/c1-12(35)11-22(13-5-7-15(42-3)17(9-13)44(31,38)39,14-6-8-16(43-4)18(10-14)45(32,40)41)21(2,33-19(36)23(25,26)27)34-20(37)24(28,29)30/h5-10H,11H2,1-4H3,(H,33,36)(H,34,37)(H2,31,38,39)(H2,32,40,41). The van der Waals surface area contributed by atoms with E-state index in [1.165, 1.54) is 10.6 Å². The molecule has 45 heavy (non-hydrogen) atoms. The fraction of sp³-hybridized carbons (Fsp3) is 0.375. The van der Waals surface area contributed by atoms with Gasteiger partial charge in [-0.05, 0) is 49.2 Å². The Morgan fingerprint density at radius 1 is 0.733 bits per heavy atom. The van der Waals surface area contributed by atoms with Crippen LogP contribution in [-0.4, -0.2) is 66.7 Å². The van der Waals surface area contributed by atoms with E-state index in [0.29, 0.717) is 19.1 Å². The van der Waals surface area contributed by atoms with Crippen molar-refractivity contribution in [3.8, 4) is 11.5 Å². The van der Waals surface area contributed by atoms with E-state index in [-0.39, 0.29) is 0 Å². The van der Waals surface area contributed by atoms with Gasteiger partial charge in [-0.3, -0.25) is 14.4 Å². The first kappa shape index (κ1) is 37.2. The Labute approximate surface area is 252 Å². The van der Waals surface area contributed by atoms with Crippen molar-refractivity contribution in [3.63, 3.8) is 0 Å². The molecule has 0 saturated heterocycles. The Morgan fingerprint density at radius 3 is 1.31 bits per heavy atom. The highest BCUT2D eigenvalue weighted by Crippen LogP contribution is 2.47. The summed E-state index contributed by atoms with van der Waals surface area (Å²) in [7, 11) is -7.62. The Balaban J connectivity index is 3.38. The SMILES string of the molecule is COc1ccc(C(CC(C)=O)(c2ccc(OC)c(S(N)(=O)=O)c2)C(C)(NC(=O)C(F)(F)F)NC(=O)C(F)(F)F)cc1S(N)(=O)=O. The Hall–Kier alpha value is -3.95. The van der Waals surface area contributed by atoms with Crippen LogP contribution in [-0.2, 0) is 39.8 Å². The van der Waals surface area contributed by atoms with Gasteiger partial charge in [-0.2, -0.15) is 26.3 Å². The zero-order valence-corrected chi connectivity index (χ0v) is 25.2. The number of nitrogens with two attached hydrogens (primary N) is 2. The van der Waals surface area contributed by atoms with Gasteiger partial charge in [0.15, 0.2) is 0 Å². The number of carbonyl (C=O) groups excluding carboxylic acids is 3. The normalized spacial score (nSPS) is 13.2. The molecule has 250 valence electrons. The van der Waals surface area contributed by atoms with Crippen LogP contribution in [0.15, 0.2) is 46.2 Å². The van der Waals surface area contributed by atoms with Gasteiger partial charge in [0.05, 0.1) is 19.6 Å². The summed E-state index contributed by atoms with van der Waals surface area (Å²) in [6.07, 6.45) is -12.8. The molecule has 0 radical (unpaired) electrons. The van der Waals surface area contributed by atoms with Gasteiger partial charge in [0.2, 0.25) is 20.0 Å². The molecule has 0 heterocycles. The number of amides is 2. The van der Waals surface area contributed by atoms with Crippen LogP contribution >= 0.6 is 0 Å². The summed E-state index contributed by atoms with van der Waals surface area (Å²) in [5.74, 6) is -7.80. The molecule has 2 aromatic carbocycles. The van der Waals surface area contributed by atoms with Crippen molar-refractivity contribution >= 4 is 37.6 Å². The number of alkyl halides is 6. The number of sulfonamides is 2. The highest BCUT2D eigenvalue weighted by atomic mass is 32.2. The first-order valence-corrected chi connectivity index (χ1v) is 15.0. The lowest BCUT2D eigenvalue weighted by Crippen LogP contribution is -2.72. The fourth-order valence-corrected chi connectivity index (χ4v) is 6.11. The number of hydrogen-bond acceptors (Lipinski definition) is 9. The zero-order valence-electron chi connectivity index (χ0n) is 23.6. The van der Waals surface area contributed by atoms with Crippen LogP contribution in [0.1, 0.15) is 31.4 Å². The smallest absolute Gasteiger partial charge is 0.471 e. The maximum Gasteiger partial charge on any atom is 0.471 e. The van der Waals surface area contributed by atoms with Gasteiger partial charge < -0.3 is 20.1 Å². The third-order valence-electron chi connectivity index (χ3n) is 6.54. The summed E-state index contributed by atoms with van der Waals surface area (Å²) >= 11 is 0. The lowest BCUT2D eigenvalue weighted by atomic mass is 9.62. The Morgan fingerprint density at radius 2 is 1.07 bits per heavy atom. The molecular weight excluding hydrogens is 666 g/mol. The molecule has 2 amide bonds. The topological polar surface area (TPSA) is 214 Å². The van der Waals surface area contributed by atoms with Gasteiger partial charge in [-0.15, -0.1) is 0 Å². The van der Waals surface area contributed by atoms with E-state index >= 15 is 0 Å². The fourth-order valence-electron chi connectivity index (χ4n) is 4.67. The molecule has 0 bridgehead atoms. The summed E-state index contributed by atoms with van der Waals surface area (Å²) in [4.78, 5) is 35.7. The molecule has 0 aliphatic rings. The highest BCUT2D eigenvalue weighted by molar-refractivity contribution is 7.89. The minimum absolute atomic E-state index is 0.463. The van der Waals surface area contributed by atoms with Crippen LogP contribution in [0.5, 0.6) is 11.5 Å². The minimum Gasteiger partial charge on any atom is -0.495 e. The van der Waals surface area contributed by atoms with Gasteiger partial charge in [0.25, 0.3) is 0 Å². The number of rotatable bonds is 11. The second kappa shape index (κ2) is 12.4. The number of Topliss-reactive ketones (excluding diaryl/α,β-unsaturated/α-hetero) is 1. The van der Waals surface area contributed by atoms with E-state index in [1.54, 1.807) is 0 Å². The minimum atomic E-state index is -5.80. The third kappa shape index (κ3) is 7.83. The van der Waals surface area contributed by atoms with Crippen molar-refractivity contribution in [3.05, 3.63) is 47.5 Å².